The zero-order valence-corrected chi connectivity index (χ0v) is 16.1. The van der Waals surface area contributed by atoms with Gasteiger partial charge in [0.05, 0.1) is 21.3 Å². The first kappa shape index (κ1) is 19.1. The van der Waals surface area contributed by atoms with Gasteiger partial charge < -0.3 is 18.9 Å². The maximum atomic E-state index is 12.0. The second-order valence-corrected chi connectivity index (χ2v) is 6.24. The van der Waals surface area contributed by atoms with Crippen molar-refractivity contribution in [3.05, 3.63) is 52.0 Å². The highest BCUT2D eigenvalue weighted by molar-refractivity contribution is 9.10. The summed E-state index contributed by atoms with van der Waals surface area (Å²) < 4.78 is 22.2. The van der Waals surface area contributed by atoms with Crippen molar-refractivity contribution in [3.8, 4) is 17.2 Å². The van der Waals surface area contributed by atoms with Crippen LogP contribution in [-0.2, 0) is 22.6 Å². The number of halogens is 1. The lowest BCUT2D eigenvalue weighted by Crippen LogP contribution is -2.06. The average molecular weight is 409 g/mol. The smallest absolute Gasteiger partial charge is 0.306 e. The van der Waals surface area contributed by atoms with Crippen molar-refractivity contribution in [3.63, 3.8) is 0 Å². The van der Waals surface area contributed by atoms with Crippen LogP contribution in [0.1, 0.15) is 17.5 Å². The molecule has 6 heteroatoms. The summed E-state index contributed by atoms with van der Waals surface area (Å²) in [6.07, 6.45) is 0.792. The summed E-state index contributed by atoms with van der Waals surface area (Å²) in [7, 11) is 4.68. The number of benzene rings is 2. The number of ether oxygens (including phenoxy) is 4. The maximum absolute atomic E-state index is 12.0. The third kappa shape index (κ3) is 5.39. The monoisotopic (exact) mass is 408 g/mol. The molecule has 0 amide bonds. The largest absolute Gasteiger partial charge is 0.493 e. The highest BCUT2D eigenvalue weighted by atomic mass is 79.9. The van der Waals surface area contributed by atoms with Crippen LogP contribution in [0.4, 0.5) is 0 Å². The molecule has 0 aliphatic carbocycles. The van der Waals surface area contributed by atoms with Gasteiger partial charge in [0.25, 0.3) is 0 Å². The number of esters is 1. The Kier molecular flexibility index (Phi) is 7.13. The molecule has 0 aromatic heterocycles. The Bertz CT molecular complexity index is 704. The number of carbonyl (C=O) groups is 1. The highest BCUT2D eigenvalue weighted by Crippen LogP contribution is 2.38. The van der Waals surface area contributed by atoms with Gasteiger partial charge in [-0.3, -0.25) is 4.79 Å². The molecule has 0 radical (unpaired) electrons. The van der Waals surface area contributed by atoms with E-state index in [9.17, 15) is 4.79 Å². The van der Waals surface area contributed by atoms with Crippen LogP contribution < -0.4 is 14.2 Å². The van der Waals surface area contributed by atoms with Crippen molar-refractivity contribution in [2.75, 3.05) is 21.3 Å². The van der Waals surface area contributed by atoms with E-state index >= 15 is 0 Å². The number of rotatable bonds is 8. The number of aryl methyl sites for hydroxylation is 1. The summed E-state index contributed by atoms with van der Waals surface area (Å²) in [5.74, 6) is 1.42. The molecule has 0 unspecified atom stereocenters. The van der Waals surface area contributed by atoms with Crippen molar-refractivity contribution >= 4 is 21.9 Å². The topological polar surface area (TPSA) is 54.0 Å². The molecule has 134 valence electrons. The van der Waals surface area contributed by atoms with Crippen molar-refractivity contribution in [2.24, 2.45) is 0 Å². The summed E-state index contributed by atoms with van der Waals surface area (Å²) in [5.41, 5.74) is 1.85. The maximum Gasteiger partial charge on any atom is 0.306 e. The minimum Gasteiger partial charge on any atom is -0.493 e. The van der Waals surface area contributed by atoms with Gasteiger partial charge in [0, 0.05) is 10.9 Å². The van der Waals surface area contributed by atoms with E-state index in [4.69, 9.17) is 18.9 Å². The number of hydrogen-bond donors (Lipinski definition) is 0. The van der Waals surface area contributed by atoms with E-state index in [2.05, 4.69) is 15.9 Å². The van der Waals surface area contributed by atoms with E-state index in [-0.39, 0.29) is 19.0 Å². The molecule has 2 aromatic carbocycles. The average Bonchev–Trinajstić information content (AvgIpc) is 2.63. The van der Waals surface area contributed by atoms with Gasteiger partial charge in [-0.05, 0) is 41.8 Å². The minimum absolute atomic E-state index is 0.256. The van der Waals surface area contributed by atoms with E-state index in [0.717, 1.165) is 15.6 Å². The Hall–Kier alpha value is -2.21. The van der Waals surface area contributed by atoms with Gasteiger partial charge in [-0.25, -0.2) is 0 Å². The Morgan fingerprint density at radius 3 is 2.20 bits per heavy atom. The molecule has 2 rings (SSSR count). The fourth-order valence-corrected chi connectivity index (χ4v) is 2.84. The molecule has 0 saturated carbocycles. The fourth-order valence-electron chi connectivity index (χ4n) is 2.39. The van der Waals surface area contributed by atoms with Crippen LogP contribution in [-0.4, -0.2) is 27.3 Å². The first-order valence-electron chi connectivity index (χ1n) is 7.76. The van der Waals surface area contributed by atoms with Gasteiger partial charge in [-0.15, -0.1) is 0 Å². The van der Waals surface area contributed by atoms with Gasteiger partial charge in [-0.2, -0.15) is 0 Å². The number of methoxy groups -OCH3 is 3. The van der Waals surface area contributed by atoms with Crippen LogP contribution in [0.15, 0.2) is 40.9 Å². The van der Waals surface area contributed by atoms with E-state index in [1.807, 2.05) is 36.4 Å². The van der Waals surface area contributed by atoms with Crippen LogP contribution in [0.5, 0.6) is 17.2 Å². The molecule has 0 saturated heterocycles. The lowest BCUT2D eigenvalue weighted by Gasteiger charge is -2.14. The first-order chi connectivity index (χ1) is 12.1. The SMILES string of the molecule is COc1cc(CCC(=O)OCc2cccc(Br)c2)cc(OC)c1OC. The van der Waals surface area contributed by atoms with E-state index in [1.165, 1.54) is 0 Å². The molecule has 5 nitrogen and oxygen atoms in total. The molecular weight excluding hydrogens is 388 g/mol. The van der Waals surface area contributed by atoms with Gasteiger partial charge in [0.15, 0.2) is 11.5 Å². The fraction of sp³-hybridized carbons (Fsp3) is 0.316. The van der Waals surface area contributed by atoms with Crippen LogP contribution in [0.2, 0.25) is 0 Å². The van der Waals surface area contributed by atoms with E-state index in [0.29, 0.717) is 23.7 Å². The second-order valence-electron chi connectivity index (χ2n) is 5.32. The van der Waals surface area contributed by atoms with E-state index in [1.54, 1.807) is 21.3 Å². The van der Waals surface area contributed by atoms with E-state index < -0.39 is 0 Å². The third-order valence-electron chi connectivity index (χ3n) is 3.63. The van der Waals surface area contributed by atoms with Crippen LogP contribution in [0.25, 0.3) is 0 Å². The van der Waals surface area contributed by atoms with Crippen LogP contribution in [0, 0.1) is 0 Å². The van der Waals surface area contributed by atoms with Gasteiger partial charge in [0.1, 0.15) is 6.61 Å². The molecule has 0 spiro atoms. The third-order valence-corrected chi connectivity index (χ3v) is 4.12. The summed E-state index contributed by atoms with van der Waals surface area (Å²) in [6, 6.07) is 11.3. The molecule has 0 N–H and O–H groups in total. The molecule has 0 aliphatic rings. The number of hydrogen-bond acceptors (Lipinski definition) is 5. The minimum atomic E-state index is -0.256. The molecule has 0 atom stereocenters. The first-order valence-corrected chi connectivity index (χ1v) is 8.55. The van der Waals surface area contributed by atoms with Gasteiger partial charge >= 0.3 is 5.97 Å². The summed E-state index contributed by atoms with van der Waals surface area (Å²) in [5, 5.41) is 0. The Morgan fingerprint density at radius 1 is 0.960 bits per heavy atom. The molecular formula is C19H21BrO5. The lowest BCUT2D eigenvalue weighted by molar-refractivity contribution is -0.144. The standard InChI is InChI=1S/C19H21BrO5/c1-22-16-10-13(11-17(23-2)19(16)24-3)7-8-18(21)25-12-14-5-4-6-15(20)9-14/h4-6,9-11H,7-8,12H2,1-3H3. The normalized spacial score (nSPS) is 10.2. The Balaban J connectivity index is 1.95. The summed E-state index contributed by atoms with van der Waals surface area (Å²) in [6.45, 7) is 0.257. The zero-order valence-electron chi connectivity index (χ0n) is 14.5. The number of carbonyl (C=O) groups excluding carboxylic acids is 1. The van der Waals surface area contributed by atoms with Crippen molar-refractivity contribution < 1.29 is 23.7 Å². The van der Waals surface area contributed by atoms with Crippen molar-refractivity contribution in [1.82, 2.24) is 0 Å². The quantitative estimate of drug-likeness (QED) is 0.614. The molecule has 0 bridgehead atoms. The lowest BCUT2D eigenvalue weighted by atomic mass is 10.1. The second kappa shape index (κ2) is 9.32. The molecule has 0 heterocycles. The Labute approximate surface area is 156 Å². The van der Waals surface area contributed by atoms with Crippen molar-refractivity contribution in [2.45, 2.75) is 19.4 Å². The highest BCUT2D eigenvalue weighted by Gasteiger charge is 2.14. The predicted molar refractivity (Wildman–Crippen MR) is 98.4 cm³/mol. The summed E-state index contributed by atoms with van der Waals surface area (Å²) in [4.78, 5) is 12.0. The predicted octanol–water partition coefficient (Wildman–Crippen LogP) is 4.15. The molecule has 2 aromatic rings. The Morgan fingerprint density at radius 2 is 1.64 bits per heavy atom. The summed E-state index contributed by atoms with van der Waals surface area (Å²) >= 11 is 3.39. The van der Waals surface area contributed by atoms with Crippen LogP contribution >= 0.6 is 15.9 Å². The molecule has 0 fully saturated rings. The van der Waals surface area contributed by atoms with Crippen molar-refractivity contribution in [1.29, 1.82) is 0 Å². The molecule has 25 heavy (non-hydrogen) atoms. The molecule has 0 aliphatic heterocycles. The van der Waals surface area contributed by atoms with Gasteiger partial charge in [-0.1, -0.05) is 28.1 Å². The zero-order chi connectivity index (χ0) is 18.2. The van der Waals surface area contributed by atoms with Gasteiger partial charge in [0.2, 0.25) is 5.75 Å². The van der Waals surface area contributed by atoms with Crippen LogP contribution in [0.3, 0.4) is 0 Å².